The Labute approximate surface area is 130 Å². The number of hydrogen-bond donors (Lipinski definition) is 1. The van der Waals surface area contributed by atoms with E-state index in [1.54, 1.807) is 11.3 Å². The van der Waals surface area contributed by atoms with Crippen LogP contribution in [0.5, 0.6) is 11.5 Å². The number of benzene rings is 1. The summed E-state index contributed by atoms with van der Waals surface area (Å²) in [6.07, 6.45) is 0.718. The molecule has 0 bridgehead atoms. The van der Waals surface area contributed by atoms with Gasteiger partial charge in [-0.2, -0.15) is 0 Å². The number of para-hydroxylation sites is 2. The molecule has 114 valence electrons. The lowest BCUT2D eigenvalue weighted by molar-refractivity contribution is 0.165. The molecule has 2 N–H and O–H groups in total. The highest BCUT2D eigenvalue weighted by Gasteiger charge is 2.24. The number of hydrogen-bond acceptors (Lipinski definition) is 4. The summed E-state index contributed by atoms with van der Waals surface area (Å²) >= 11 is 1.69. The molecule has 0 spiro atoms. The number of rotatable bonds is 7. The lowest BCUT2D eigenvalue weighted by atomic mass is 10.1. The number of ether oxygens (including phenoxy) is 2. The summed E-state index contributed by atoms with van der Waals surface area (Å²) in [5, 5.41) is 2.08. The fourth-order valence-corrected chi connectivity index (χ4v) is 3.21. The molecule has 0 aliphatic heterocycles. The van der Waals surface area contributed by atoms with E-state index in [1.165, 1.54) is 10.4 Å². The molecule has 0 radical (unpaired) electrons. The first-order valence-electron chi connectivity index (χ1n) is 7.35. The maximum atomic E-state index is 6.29. The minimum Gasteiger partial charge on any atom is -0.490 e. The first-order chi connectivity index (χ1) is 10.2. The second-order valence-corrected chi connectivity index (χ2v) is 5.91. The highest BCUT2D eigenvalue weighted by molar-refractivity contribution is 7.10. The minimum absolute atomic E-state index is 0.0444. The predicted octanol–water partition coefficient (Wildman–Crippen LogP) is 4.31. The molecule has 0 fully saturated rings. The Morgan fingerprint density at radius 2 is 1.86 bits per heavy atom. The monoisotopic (exact) mass is 305 g/mol. The summed E-state index contributed by atoms with van der Waals surface area (Å²) in [4.78, 5) is 1.19. The van der Waals surface area contributed by atoms with Crippen molar-refractivity contribution in [3.8, 4) is 11.5 Å². The Kier molecular flexibility index (Phi) is 5.65. The first-order valence-corrected chi connectivity index (χ1v) is 8.23. The van der Waals surface area contributed by atoms with Crippen LogP contribution in [-0.4, -0.2) is 12.6 Å². The molecule has 2 aromatic rings. The summed E-state index contributed by atoms with van der Waals surface area (Å²) in [6.45, 7) is 6.76. The van der Waals surface area contributed by atoms with Crippen LogP contribution in [-0.2, 0) is 0 Å². The average Bonchev–Trinajstić information content (AvgIpc) is 2.92. The van der Waals surface area contributed by atoms with E-state index in [0.29, 0.717) is 6.61 Å². The molecule has 0 amide bonds. The second kappa shape index (κ2) is 7.48. The molecule has 21 heavy (non-hydrogen) atoms. The minimum atomic E-state index is -0.142. The van der Waals surface area contributed by atoms with Crippen molar-refractivity contribution in [2.24, 2.45) is 5.73 Å². The molecule has 3 nitrogen and oxygen atoms in total. The van der Waals surface area contributed by atoms with Gasteiger partial charge < -0.3 is 15.2 Å². The molecule has 1 aromatic heterocycles. The topological polar surface area (TPSA) is 44.5 Å². The number of thiophene rings is 1. The van der Waals surface area contributed by atoms with Gasteiger partial charge in [0.05, 0.1) is 6.61 Å². The van der Waals surface area contributed by atoms with E-state index in [0.717, 1.165) is 17.9 Å². The average molecular weight is 305 g/mol. The van der Waals surface area contributed by atoms with E-state index in [-0.39, 0.29) is 12.1 Å². The smallest absolute Gasteiger partial charge is 0.162 e. The van der Waals surface area contributed by atoms with Gasteiger partial charge in [-0.1, -0.05) is 19.1 Å². The highest BCUT2D eigenvalue weighted by atomic mass is 32.1. The normalized spacial score (nSPS) is 13.7. The molecule has 0 aliphatic rings. The number of aryl methyl sites for hydroxylation is 1. The van der Waals surface area contributed by atoms with Gasteiger partial charge in [-0.3, -0.25) is 0 Å². The Morgan fingerprint density at radius 3 is 2.43 bits per heavy atom. The third-order valence-electron chi connectivity index (χ3n) is 3.42. The maximum absolute atomic E-state index is 6.29. The van der Waals surface area contributed by atoms with Gasteiger partial charge in [0.1, 0.15) is 6.10 Å². The van der Waals surface area contributed by atoms with Gasteiger partial charge in [0.25, 0.3) is 0 Å². The van der Waals surface area contributed by atoms with Crippen molar-refractivity contribution in [1.82, 2.24) is 0 Å². The van der Waals surface area contributed by atoms with Crippen molar-refractivity contribution < 1.29 is 9.47 Å². The molecule has 0 saturated carbocycles. The Hall–Kier alpha value is -1.52. The summed E-state index contributed by atoms with van der Waals surface area (Å²) in [5.74, 6) is 1.52. The molecule has 2 atom stereocenters. The molecule has 2 rings (SSSR count). The van der Waals surface area contributed by atoms with E-state index in [9.17, 15) is 0 Å². The van der Waals surface area contributed by atoms with Gasteiger partial charge in [-0.15, -0.1) is 11.3 Å². The Morgan fingerprint density at radius 1 is 1.14 bits per heavy atom. The van der Waals surface area contributed by atoms with E-state index >= 15 is 0 Å². The largest absolute Gasteiger partial charge is 0.490 e. The lowest BCUT2D eigenvalue weighted by Crippen LogP contribution is -2.31. The van der Waals surface area contributed by atoms with Crippen LogP contribution in [0, 0.1) is 6.92 Å². The van der Waals surface area contributed by atoms with E-state index in [4.69, 9.17) is 15.2 Å². The van der Waals surface area contributed by atoms with Crippen LogP contribution in [0.1, 0.15) is 36.8 Å². The van der Waals surface area contributed by atoms with Gasteiger partial charge in [-0.05, 0) is 49.4 Å². The fraction of sp³-hybridized carbons (Fsp3) is 0.412. The van der Waals surface area contributed by atoms with Crippen molar-refractivity contribution >= 4 is 11.3 Å². The van der Waals surface area contributed by atoms with Crippen molar-refractivity contribution in [2.45, 2.75) is 39.3 Å². The molecule has 1 heterocycles. The standard InChI is InChI=1S/C17H23NO2S/c1-4-13(18)16(17-12(3)10-11-21-17)20-15-9-7-6-8-14(15)19-5-2/h6-11,13,16H,4-5,18H2,1-3H3. The molecule has 4 heteroatoms. The summed E-state index contributed by atoms with van der Waals surface area (Å²) < 4.78 is 11.9. The van der Waals surface area contributed by atoms with Crippen LogP contribution in [0.25, 0.3) is 0 Å². The molecular weight excluding hydrogens is 282 g/mol. The van der Waals surface area contributed by atoms with E-state index in [2.05, 4.69) is 25.3 Å². The summed E-state index contributed by atoms with van der Waals surface area (Å²) in [5.41, 5.74) is 7.51. The first kappa shape index (κ1) is 15.9. The van der Waals surface area contributed by atoms with Crippen LogP contribution in [0.2, 0.25) is 0 Å². The quantitative estimate of drug-likeness (QED) is 0.829. The van der Waals surface area contributed by atoms with Gasteiger partial charge in [0.2, 0.25) is 0 Å². The Balaban J connectivity index is 2.30. The lowest BCUT2D eigenvalue weighted by Gasteiger charge is -2.25. The van der Waals surface area contributed by atoms with E-state index < -0.39 is 0 Å². The molecular formula is C17H23NO2S. The van der Waals surface area contributed by atoms with Crippen LogP contribution < -0.4 is 15.2 Å². The van der Waals surface area contributed by atoms with Gasteiger partial charge in [0.15, 0.2) is 11.5 Å². The van der Waals surface area contributed by atoms with Gasteiger partial charge in [0, 0.05) is 10.9 Å². The zero-order chi connectivity index (χ0) is 15.2. The van der Waals surface area contributed by atoms with Crippen LogP contribution >= 0.6 is 11.3 Å². The second-order valence-electron chi connectivity index (χ2n) is 4.96. The number of nitrogens with two attached hydrogens (primary N) is 1. The highest BCUT2D eigenvalue weighted by Crippen LogP contribution is 2.35. The van der Waals surface area contributed by atoms with Crippen LogP contribution in [0.15, 0.2) is 35.7 Å². The van der Waals surface area contributed by atoms with Crippen molar-refractivity contribution in [2.75, 3.05) is 6.61 Å². The predicted molar refractivity (Wildman–Crippen MR) is 88.3 cm³/mol. The van der Waals surface area contributed by atoms with Crippen LogP contribution in [0.4, 0.5) is 0 Å². The zero-order valence-corrected chi connectivity index (χ0v) is 13.7. The molecule has 0 aliphatic carbocycles. The Bertz CT molecular complexity index is 567. The molecule has 2 unspecified atom stereocenters. The van der Waals surface area contributed by atoms with Crippen molar-refractivity contribution in [3.63, 3.8) is 0 Å². The summed E-state index contributed by atoms with van der Waals surface area (Å²) in [7, 11) is 0. The van der Waals surface area contributed by atoms with Crippen molar-refractivity contribution in [3.05, 3.63) is 46.2 Å². The SMILES string of the molecule is CCOc1ccccc1OC(c1sccc1C)C(N)CC. The van der Waals surface area contributed by atoms with E-state index in [1.807, 2.05) is 31.2 Å². The van der Waals surface area contributed by atoms with Gasteiger partial charge >= 0.3 is 0 Å². The molecule has 1 aromatic carbocycles. The zero-order valence-electron chi connectivity index (χ0n) is 12.8. The van der Waals surface area contributed by atoms with Gasteiger partial charge in [-0.25, -0.2) is 0 Å². The fourth-order valence-electron chi connectivity index (χ4n) is 2.18. The van der Waals surface area contributed by atoms with Crippen molar-refractivity contribution in [1.29, 1.82) is 0 Å². The third kappa shape index (κ3) is 3.77. The van der Waals surface area contributed by atoms with Crippen LogP contribution in [0.3, 0.4) is 0 Å². The maximum Gasteiger partial charge on any atom is 0.162 e. The third-order valence-corrected chi connectivity index (χ3v) is 4.50. The molecule has 0 saturated heterocycles. The summed E-state index contributed by atoms with van der Waals surface area (Å²) in [6, 6.07) is 9.82.